The van der Waals surface area contributed by atoms with Gasteiger partial charge in [-0.2, -0.15) is 0 Å². The summed E-state index contributed by atoms with van der Waals surface area (Å²) in [6.45, 7) is 0.550. The van der Waals surface area contributed by atoms with Crippen molar-refractivity contribution < 1.29 is 29.1 Å². The van der Waals surface area contributed by atoms with E-state index in [1.807, 2.05) is 72.8 Å². The van der Waals surface area contributed by atoms with Crippen LogP contribution in [0.4, 0.5) is 17.1 Å². The molecule has 58 heavy (non-hydrogen) atoms. The van der Waals surface area contributed by atoms with Crippen LogP contribution in [0.3, 0.4) is 0 Å². The van der Waals surface area contributed by atoms with Gasteiger partial charge < -0.3 is 36.6 Å². The van der Waals surface area contributed by atoms with Gasteiger partial charge in [0, 0.05) is 40.3 Å². The molecule has 0 aromatic heterocycles. The number of nitrogens with zero attached hydrogens (tertiary/aromatic N) is 3. The van der Waals surface area contributed by atoms with E-state index in [9.17, 15) is 24.0 Å². The number of fused-ring (bicyclic) bond motifs is 1. The molecule has 0 radical (unpaired) electrons. The maximum absolute atomic E-state index is 14.3. The van der Waals surface area contributed by atoms with E-state index in [0.717, 1.165) is 21.9 Å². The van der Waals surface area contributed by atoms with Crippen LogP contribution in [-0.4, -0.2) is 60.9 Å². The zero-order chi connectivity index (χ0) is 41.0. The van der Waals surface area contributed by atoms with Crippen LogP contribution >= 0.6 is 0 Å². The van der Waals surface area contributed by atoms with Crippen LogP contribution in [0.2, 0.25) is 0 Å². The third-order valence-corrected chi connectivity index (χ3v) is 9.58. The Kier molecular flexibility index (Phi) is 13.4. The summed E-state index contributed by atoms with van der Waals surface area (Å²) >= 11 is 0. The van der Waals surface area contributed by atoms with Crippen molar-refractivity contribution in [1.29, 1.82) is 0 Å². The molecule has 12 heteroatoms. The van der Waals surface area contributed by atoms with E-state index in [-0.39, 0.29) is 36.4 Å². The minimum absolute atomic E-state index is 0.165. The number of rotatable bonds is 16. The first-order chi connectivity index (χ1) is 28.1. The van der Waals surface area contributed by atoms with Gasteiger partial charge in [-0.25, -0.2) is 0 Å². The third-order valence-electron chi connectivity index (χ3n) is 9.58. The first kappa shape index (κ1) is 40.5. The summed E-state index contributed by atoms with van der Waals surface area (Å²) in [5.74, 6) is -2.55. The molecule has 0 fully saturated rings. The van der Waals surface area contributed by atoms with Crippen molar-refractivity contribution in [3.8, 4) is 0 Å². The van der Waals surface area contributed by atoms with Crippen molar-refractivity contribution in [2.75, 3.05) is 40.9 Å². The molecule has 294 valence electrons. The molecule has 6 rings (SSSR count). The van der Waals surface area contributed by atoms with Crippen LogP contribution in [0, 0.1) is 0 Å². The highest BCUT2D eigenvalue weighted by molar-refractivity contribution is 6.09. The van der Waals surface area contributed by atoms with Crippen molar-refractivity contribution in [2.24, 2.45) is 11.5 Å². The summed E-state index contributed by atoms with van der Waals surface area (Å²) in [7, 11) is 0. The Morgan fingerprint density at radius 3 is 1.64 bits per heavy atom. The van der Waals surface area contributed by atoms with E-state index in [4.69, 9.17) is 16.6 Å². The molecule has 6 N–H and O–H groups in total. The lowest BCUT2D eigenvalue weighted by Crippen LogP contribution is -2.36. The van der Waals surface area contributed by atoms with E-state index in [1.165, 1.54) is 0 Å². The molecule has 12 nitrogen and oxygen atoms in total. The predicted octanol–water partition coefficient (Wildman–Crippen LogP) is 5.99. The number of hydrogen-bond acceptors (Lipinski definition) is 7. The Hall–Kier alpha value is -7.15. The number of nitrogens with one attached hydrogen (secondary N) is 1. The maximum atomic E-state index is 14.3. The first-order valence-corrected chi connectivity index (χ1v) is 18.8. The largest absolute Gasteiger partial charge is 0.480 e. The molecule has 0 unspecified atom stereocenters. The molecule has 0 aliphatic carbocycles. The van der Waals surface area contributed by atoms with Gasteiger partial charge in [0.05, 0.1) is 19.6 Å². The van der Waals surface area contributed by atoms with Crippen LogP contribution in [0.25, 0.3) is 10.8 Å². The van der Waals surface area contributed by atoms with Crippen molar-refractivity contribution in [3.05, 3.63) is 173 Å². The molecule has 0 saturated heterocycles. The van der Waals surface area contributed by atoms with E-state index < -0.39 is 18.4 Å². The van der Waals surface area contributed by atoms with E-state index >= 15 is 0 Å². The van der Waals surface area contributed by atoms with Crippen LogP contribution in [0.15, 0.2) is 146 Å². The van der Waals surface area contributed by atoms with Gasteiger partial charge in [-0.05, 0) is 114 Å². The van der Waals surface area contributed by atoms with E-state index in [2.05, 4.69) is 5.32 Å². The molecule has 0 heterocycles. The van der Waals surface area contributed by atoms with Crippen LogP contribution in [-0.2, 0) is 22.7 Å². The smallest absolute Gasteiger partial charge is 0.322 e. The highest BCUT2D eigenvalue weighted by Gasteiger charge is 2.23. The highest BCUT2D eigenvalue weighted by atomic mass is 16.4. The van der Waals surface area contributed by atoms with Gasteiger partial charge in [-0.3, -0.25) is 24.0 Å². The van der Waals surface area contributed by atoms with Gasteiger partial charge in [-0.15, -0.1) is 0 Å². The van der Waals surface area contributed by atoms with Gasteiger partial charge in [0.1, 0.15) is 6.54 Å². The maximum Gasteiger partial charge on any atom is 0.322 e. The Morgan fingerprint density at radius 1 is 0.534 bits per heavy atom. The van der Waals surface area contributed by atoms with E-state index in [1.54, 1.807) is 87.5 Å². The average molecular weight is 777 g/mol. The molecule has 6 aromatic rings. The number of anilines is 3. The van der Waals surface area contributed by atoms with Crippen LogP contribution < -0.4 is 31.5 Å². The van der Waals surface area contributed by atoms with Crippen molar-refractivity contribution in [2.45, 2.75) is 19.5 Å². The number of amides is 4. The number of benzene rings is 6. The summed E-state index contributed by atoms with van der Waals surface area (Å²) in [6, 6.07) is 43.5. The first-order valence-electron chi connectivity index (χ1n) is 18.8. The average Bonchev–Trinajstić information content (AvgIpc) is 3.26. The Morgan fingerprint density at radius 2 is 1.05 bits per heavy atom. The molecule has 4 amide bonds. The van der Waals surface area contributed by atoms with Crippen molar-refractivity contribution >= 4 is 57.4 Å². The third kappa shape index (κ3) is 9.98. The molecule has 0 saturated carbocycles. The molecular formula is C46H44N6O6. The number of carbonyl (C=O) groups excluding carboxylic acids is 4. The summed E-state index contributed by atoms with van der Waals surface area (Å²) < 4.78 is 0. The lowest BCUT2D eigenvalue weighted by Gasteiger charge is -2.26. The standard InChI is InChI=1S/C46H44N6O6/c47-25-6-26-50(45(57)36-17-23-40(24-18-36)51(42(53)28-48)30-32-7-2-1-3-8-32)39-21-15-37(16-22-39)46(58)52(31-33-11-12-34-9-4-5-10-38(34)27-33)41-19-13-35(14-20-41)44(56)49-29-43(54)55/h1-5,7-24,27H,6,25-26,28-31,47-48H2,(H,49,56)(H,54,55). The second-order valence-electron chi connectivity index (χ2n) is 13.6. The molecule has 0 aliphatic heterocycles. The molecule has 0 atom stereocenters. The fourth-order valence-corrected chi connectivity index (χ4v) is 6.53. The molecule has 6 aromatic carbocycles. The number of hydrogen-bond donors (Lipinski definition) is 4. The van der Waals surface area contributed by atoms with Gasteiger partial charge in [0.2, 0.25) is 5.91 Å². The van der Waals surface area contributed by atoms with Gasteiger partial charge in [-0.1, -0.05) is 66.7 Å². The normalized spacial score (nSPS) is 10.8. The summed E-state index contributed by atoms with van der Waals surface area (Å²) in [5.41, 5.74) is 16.1. The molecular weight excluding hydrogens is 733 g/mol. The Balaban J connectivity index is 1.25. The molecule has 0 bridgehead atoms. The monoisotopic (exact) mass is 776 g/mol. The minimum Gasteiger partial charge on any atom is -0.480 e. The second kappa shape index (κ2) is 19.1. The Labute approximate surface area is 336 Å². The molecule has 0 spiro atoms. The van der Waals surface area contributed by atoms with Gasteiger partial charge in [0.25, 0.3) is 17.7 Å². The SMILES string of the molecule is NCCCN(C(=O)c1ccc(N(Cc2ccccc2)C(=O)CN)cc1)c1ccc(C(=O)N(Cc2ccc3ccccc3c2)c2ccc(C(=O)NCC(=O)O)cc2)cc1. The van der Waals surface area contributed by atoms with Crippen LogP contribution in [0.1, 0.15) is 48.6 Å². The highest BCUT2D eigenvalue weighted by Crippen LogP contribution is 2.26. The number of aliphatic carboxylic acids is 1. The summed E-state index contributed by atoms with van der Waals surface area (Å²) in [4.78, 5) is 69.5. The lowest BCUT2D eigenvalue weighted by atomic mass is 10.1. The second-order valence-corrected chi connectivity index (χ2v) is 13.6. The zero-order valence-corrected chi connectivity index (χ0v) is 31.8. The van der Waals surface area contributed by atoms with Crippen molar-refractivity contribution in [3.63, 3.8) is 0 Å². The number of nitrogens with two attached hydrogens (primary N) is 2. The predicted molar refractivity (Wildman–Crippen MR) is 226 cm³/mol. The molecule has 0 aliphatic rings. The Bertz CT molecular complexity index is 2390. The fraction of sp³-hybridized carbons (Fsp3) is 0.152. The van der Waals surface area contributed by atoms with Crippen LogP contribution in [0.5, 0.6) is 0 Å². The fourth-order valence-electron chi connectivity index (χ4n) is 6.53. The van der Waals surface area contributed by atoms with Gasteiger partial charge >= 0.3 is 5.97 Å². The minimum atomic E-state index is -1.16. The zero-order valence-electron chi connectivity index (χ0n) is 31.8. The quantitative estimate of drug-likeness (QED) is 0.0926. The van der Waals surface area contributed by atoms with Gasteiger partial charge in [0.15, 0.2) is 0 Å². The lowest BCUT2D eigenvalue weighted by molar-refractivity contribution is -0.135. The summed E-state index contributed by atoms with van der Waals surface area (Å²) in [5, 5.41) is 13.4. The number of carboxylic acids is 1. The topological polar surface area (TPSA) is 179 Å². The number of carbonyl (C=O) groups is 5. The van der Waals surface area contributed by atoms with Crippen molar-refractivity contribution in [1.82, 2.24) is 5.32 Å². The number of carboxylic acid groups (broad SMARTS) is 1. The van der Waals surface area contributed by atoms with E-state index in [0.29, 0.717) is 54.2 Å². The summed E-state index contributed by atoms with van der Waals surface area (Å²) in [6.07, 6.45) is 0.532.